The third-order valence-corrected chi connectivity index (χ3v) is 4.74. The standard InChI is InChI=1S/C17H22N4O3/c1-19-8-9-20(11-14(19)16(18)23)17(24)12-4-2-5-13(10-12)21-7-3-6-15(21)22/h2,4-5,10,14H,3,6-9,11H2,1H3,(H2,18,23)/t14-/m1/s1. The van der Waals surface area contributed by atoms with Gasteiger partial charge in [0.15, 0.2) is 0 Å². The minimum Gasteiger partial charge on any atom is -0.368 e. The molecule has 0 unspecified atom stereocenters. The number of carbonyl (C=O) groups excluding carboxylic acids is 3. The number of carbonyl (C=O) groups is 3. The van der Waals surface area contributed by atoms with Crippen molar-refractivity contribution in [3.63, 3.8) is 0 Å². The van der Waals surface area contributed by atoms with Gasteiger partial charge in [0.25, 0.3) is 5.91 Å². The lowest BCUT2D eigenvalue weighted by Gasteiger charge is -2.37. The number of benzene rings is 1. The number of nitrogens with two attached hydrogens (primary N) is 1. The topological polar surface area (TPSA) is 86.9 Å². The first-order valence-electron chi connectivity index (χ1n) is 8.16. The third-order valence-electron chi connectivity index (χ3n) is 4.74. The lowest BCUT2D eigenvalue weighted by Crippen LogP contribution is -2.57. The molecule has 2 saturated heterocycles. The molecule has 3 amide bonds. The Kier molecular flexibility index (Phi) is 4.53. The highest BCUT2D eigenvalue weighted by atomic mass is 16.2. The molecule has 0 aliphatic carbocycles. The number of piperazine rings is 1. The van der Waals surface area contributed by atoms with Gasteiger partial charge in [-0.25, -0.2) is 0 Å². The average molecular weight is 330 g/mol. The molecule has 0 bridgehead atoms. The Hall–Kier alpha value is -2.41. The molecule has 3 rings (SSSR count). The van der Waals surface area contributed by atoms with Crippen molar-refractivity contribution >= 4 is 23.4 Å². The second kappa shape index (κ2) is 6.60. The minimum absolute atomic E-state index is 0.0907. The van der Waals surface area contributed by atoms with E-state index < -0.39 is 11.9 Å². The highest BCUT2D eigenvalue weighted by Gasteiger charge is 2.31. The summed E-state index contributed by atoms with van der Waals surface area (Å²) >= 11 is 0. The molecule has 2 heterocycles. The van der Waals surface area contributed by atoms with Crippen LogP contribution < -0.4 is 10.6 Å². The highest BCUT2D eigenvalue weighted by Crippen LogP contribution is 2.23. The van der Waals surface area contributed by atoms with Gasteiger partial charge >= 0.3 is 0 Å². The van der Waals surface area contributed by atoms with E-state index in [2.05, 4.69) is 0 Å². The molecule has 7 nitrogen and oxygen atoms in total. The zero-order valence-corrected chi connectivity index (χ0v) is 13.8. The van der Waals surface area contributed by atoms with Gasteiger partial charge in [-0.15, -0.1) is 0 Å². The molecule has 0 aromatic heterocycles. The SMILES string of the molecule is CN1CCN(C(=O)c2cccc(N3CCCC3=O)c2)C[C@@H]1C(N)=O. The molecule has 2 aliphatic rings. The Labute approximate surface area is 141 Å². The summed E-state index contributed by atoms with van der Waals surface area (Å²) in [5.41, 5.74) is 6.70. The fourth-order valence-electron chi connectivity index (χ4n) is 3.28. The molecule has 2 fully saturated rings. The summed E-state index contributed by atoms with van der Waals surface area (Å²) in [6.45, 7) is 2.13. The van der Waals surface area contributed by atoms with Gasteiger partial charge in [-0.2, -0.15) is 0 Å². The Morgan fingerprint density at radius 1 is 1.21 bits per heavy atom. The van der Waals surface area contributed by atoms with E-state index >= 15 is 0 Å². The number of nitrogens with zero attached hydrogens (tertiary/aromatic N) is 3. The summed E-state index contributed by atoms with van der Waals surface area (Å²) in [7, 11) is 1.83. The number of likely N-dealkylation sites (N-methyl/N-ethyl adjacent to an activating group) is 1. The van der Waals surface area contributed by atoms with Crippen LogP contribution in [-0.2, 0) is 9.59 Å². The molecule has 1 atom stereocenters. The van der Waals surface area contributed by atoms with Crippen molar-refractivity contribution in [3.05, 3.63) is 29.8 Å². The fraction of sp³-hybridized carbons (Fsp3) is 0.471. The van der Waals surface area contributed by atoms with Gasteiger partial charge in [0.1, 0.15) is 6.04 Å². The molecule has 128 valence electrons. The van der Waals surface area contributed by atoms with Crippen molar-refractivity contribution in [2.45, 2.75) is 18.9 Å². The van der Waals surface area contributed by atoms with Crippen LogP contribution in [0.3, 0.4) is 0 Å². The molecule has 1 aromatic rings. The van der Waals surface area contributed by atoms with Crippen LogP contribution >= 0.6 is 0 Å². The van der Waals surface area contributed by atoms with E-state index in [-0.39, 0.29) is 18.4 Å². The summed E-state index contributed by atoms with van der Waals surface area (Å²) in [6, 6.07) is 6.66. The lowest BCUT2D eigenvalue weighted by atomic mass is 10.1. The van der Waals surface area contributed by atoms with Crippen LogP contribution in [0.1, 0.15) is 23.2 Å². The van der Waals surface area contributed by atoms with E-state index in [4.69, 9.17) is 5.73 Å². The molecule has 2 N–H and O–H groups in total. The Bertz CT molecular complexity index is 676. The summed E-state index contributed by atoms with van der Waals surface area (Å²) in [4.78, 5) is 41.4. The quantitative estimate of drug-likeness (QED) is 0.849. The molecule has 0 saturated carbocycles. The van der Waals surface area contributed by atoms with Crippen LogP contribution in [0.15, 0.2) is 24.3 Å². The van der Waals surface area contributed by atoms with E-state index in [1.807, 2.05) is 18.0 Å². The van der Waals surface area contributed by atoms with Crippen molar-refractivity contribution in [2.75, 3.05) is 38.1 Å². The maximum absolute atomic E-state index is 12.8. The maximum Gasteiger partial charge on any atom is 0.254 e. The number of amides is 3. The molecular weight excluding hydrogens is 308 g/mol. The first kappa shape index (κ1) is 16.4. The van der Waals surface area contributed by atoms with Gasteiger partial charge in [-0.1, -0.05) is 6.07 Å². The van der Waals surface area contributed by atoms with Gasteiger partial charge in [-0.05, 0) is 31.7 Å². The molecule has 7 heteroatoms. The number of hydrogen-bond donors (Lipinski definition) is 1. The molecule has 0 spiro atoms. The highest BCUT2D eigenvalue weighted by molar-refractivity contribution is 5.99. The fourth-order valence-corrected chi connectivity index (χ4v) is 3.28. The number of anilines is 1. The van der Waals surface area contributed by atoms with Gasteiger partial charge in [0.2, 0.25) is 11.8 Å². The van der Waals surface area contributed by atoms with Crippen molar-refractivity contribution < 1.29 is 14.4 Å². The van der Waals surface area contributed by atoms with Crippen LogP contribution in [-0.4, -0.2) is 66.8 Å². The zero-order chi connectivity index (χ0) is 17.3. The van der Waals surface area contributed by atoms with E-state index in [1.165, 1.54) is 0 Å². The van der Waals surface area contributed by atoms with Gasteiger partial charge in [0, 0.05) is 43.9 Å². The van der Waals surface area contributed by atoms with E-state index in [1.54, 1.807) is 28.0 Å². The van der Waals surface area contributed by atoms with E-state index in [0.29, 0.717) is 31.6 Å². The average Bonchev–Trinajstić information content (AvgIpc) is 3.00. The van der Waals surface area contributed by atoms with Gasteiger partial charge in [0.05, 0.1) is 0 Å². The van der Waals surface area contributed by atoms with Gasteiger partial charge in [-0.3, -0.25) is 19.3 Å². The van der Waals surface area contributed by atoms with Crippen molar-refractivity contribution in [3.8, 4) is 0 Å². The lowest BCUT2D eigenvalue weighted by molar-refractivity contribution is -0.124. The smallest absolute Gasteiger partial charge is 0.254 e. The normalized spacial score (nSPS) is 22.0. The summed E-state index contributed by atoms with van der Waals surface area (Å²) < 4.78 is 0. The van der Waals surface area contributed by atoms with Crippen LogP contribution in [0, 0.1) is 0 Å². The Morgan fingerprint density at radius 3 is 2.67 bits per heavy atom. The van der Waals surface area contributed by atoms with Crippen molar-refractivity contribution in [2.24, 2.45) is 5.73 Å². The number of primary amides is 1. The number of hydrogen-bond acceptors (Lipinski definition) is 4. The van der Waals surface area contributed by atoms with E-state index in [9.17, 15) is 14.4 Å². The summed E-state index contributed by atoms with van der Waals surface area (Å²) in [5.74, 6) is -0.470. The summed E-state index contributed by atoms with van der Waals surface area (Å²) in [6.07, 6.45) is 1.40. The summed E-state index contributed by atoms with van der Waals surface area (Å²) in [5, 5.41) is 0. The van der Waals surface area contributed by atoms with Crippen molar-refractivity contribution in [1.29, 1.82) is 0 Å². The first-order chi connectivity index (χ1) is 11.5. The Balaban J connectivity index is 1.78. The molecular formula is C17H22N4O3. The van der Waals surface area contributed by atoms with Crippen LogP contribution in [0.25, 0.3) is 0 Å². The van der Waals surface area contributed by atoms with Crippen LogP contribution in [0.5, 0.6) is 0 Å². The second-order valence-electron chi connectivity index (χ2n) is 6.35. The number of rotatable bonds is 3. The zero-order valence-electron chi connectivity index (χ0n) is 13.8. The van der Waals surface area contributed by atoms with Crippen LogP contribution in [0.2, 0.25) is 0 Å². The monoisotopic (exact) mass is 330 g/mol. The molecule has 1 aromatic carbocycles. The minimum atomic E-state index is -0.467. The third kappa shape index (κ3) is 3.12. The predicted octanol–water partition coefficient (Wildman–Crippen LogP) is 0.0549. The van der Waals surface area contributed by atoms with Crippen LogP contribution in [0.4, 0.5) is 5.69 Å². The van der Waals surface area contributed by atoms with Gasteiger partial charge < -0.3 is 15.5 Å². The van der Waals surface area contributed by atoms with E-state index in [0.717, 1.165) is 12.1 Å². The largest absolute Gasteiger partial charge is 0.368 e. The first-order valence-corrected chi connectivity index (χ1v) is 8.16. The second-order valence-corrected chi connectivity index (χ2v) is 6.35. The maximum atomic E-state index is 12.8. The Morgan fingerprint density at radius 2 is 2.00 bits per heavy atom. The van der Waals surface area contributed by atoms with Crippen molar-refractivity contribution in [1.82, 2.24) is 9.80 Å². The molecule has 0 radical (unpaired) electrons. The molecule has 24 heavy (non-hydrogen) atoms. The predicted molar refractivity (Wildman–Crippen MR) is 89.5 cm³/mol. The molecule has 2 aliphatic heterocycles.